The summed E-state index contributed by atoms with van der Waals surface area (Å²) in [5.74, 6) is -5.04. The van der Waals surface area contributed by atoms with E-state index in [1.54, 1.807) is 0 Å². The molecule has 27 nitrogen and oxygen atoms in total. The summed E-state index contributed by atoms with van der Waals surface area (Å²) < 4.78 is 80.1. The van der Waals surface area contributed by atoms with E-state index in [0.29, 0.717) is 38.5 Å². The number of amides is 2. The molecular weight excluding hydrogens is 1620 g/mol. The number of hydrogen-bond donors (Lipinski definition) is 10. The van der Waals surface area contributed by atoms with Crippen molar-refractivity contribution in [2.24, 2.45) is 0 Å². The molecule has 0 saturated carbocycles. The third kappa shape index (κ3) is 61.9. The molecule has 2 heterocycles. The fraction of sp³-hybridized carbons (Fsp3) is 0.936. The Hall–Kier alpha value is -3.24. The molecule has 2 saturated heterocycles. The third-order valence-electron chi connectivity index (χ3n) is 23.9. The Bertz CT molecular complexity index is 2710. The lowest BCUT2D eigenvalue weighted by molar-refractivity contribution is -0.297. The maximum atomic E-state index is 15.2. The van der Waals surface area contributed by atoms with Gasteiger partial charge >= 0.3 is 39.5 Å². The first-order valence-corrected chi connectivity index (χ1v) is 52.8. The maximum Gasteiger partial charge on any atom is 0.472 e. The lowest BCUT2D eigenvalue weighted by atomic mass is 9.95. The van der Waals surface area contributed by atoms with Crippen LogP contribution in [0.1, 0.15) is 465 Å². The number of hydrogen-bond acceptors (Lipinski definition) is 21. The number of aliphatic hydroxyl groups excluding tert-OH is 4. The lowest BCUT2D eigenvalue weighted by Crippen LogP contribution is -2.68. The van der Waals surface area contributed by atoms with Gasteiger partial charge in [-0.1, -0.05) is 375 Å². The molecule has 4 unspecified atom stereocenters. The summed E-state index contributed by atoms with van der Waals surface area (Å²) in [6.07, 6.45) is 34.0. The van der Waals surface area contributed by atoms with Crippen molar-refractivity contribution in [3.05, 3.63) is 0 Å². The standard InChI is InChI=1S/C94H178N2O25P2/c1-7-13-19-25-31-37-38-44-50-56-62-68-84(103)115-78(66-60-54-48-42-35-29-23-17-11-5)72-86(105)119-92-88(96-82(101)71-77(65-59-53-47-41-34-28-22-16-10-4)114-83(102)67-61-55-49-43-36-30-24-18-12-6)93(116-79(73-97)90(92)120-122(107,108)109)113-74-80-89(106)91(118-85(104)70-76(99)64-58-52-46-40-33-27-21-15-9-3)87(94(117-80)121-123(110,111)112)95-81(100)69-75(98)63-57-51-45-39-32-26-20-14-8-2/h75-80,87-94,97-99,106H,7-74H2,1-6H3,(H,95,100)(H,96,101)(H2,107,108,109)(H2,110,111,112)/t75-,76-,77-,78-,79?,80?,87?,88+,89-,90-,91-,92?,93-,94+/m1/s1. The van der Waals surface area contributed by atoms with Gasteiger partial charge in [0.15, 0.2) is 24.8 Å². The number of ether oxygens (including phenoxy) is 7. The summed E-state index contributed by atoms with van der Waals surface area (Å²) in [6, 6.07) is -3.86. The van der Waals surface area contributed by atoms with Gasteiger partial charge in [-0.15, -0.1) is 0 Å². The highest BCUT2D eigenvalue weighted by Gasteiger charge is 2.55. The number of phosphoric ester groups is 2. The van der Waals surface area contributed by atoms with E-state index in [1.165, 1.54) is 64.2 Å². The number of phosphoric acid groups is 2. The van der Waals surface area contributed by atoms with E-state index in [2.05, 4.69) is 52.2 Å². The predicted octanol–water partition coefficient (Wildman–Crippen LogP) is 20.6. The van der Waals surface area contributed by atoms with Gasteiger partial charge in [0.25, 0.3) is 0 Å². The third-order valence-corrected chi connectivity index (χ3v) is 24.9. The molecule has 0 radical (unpaired) electrons. The first kappa shape index (κ1) is 116. The van der Waals surface area contributed by atoms with Crippen LogP contribution >= 0.6 is 15.6 Å². The Morgan fingerprint density at radius 1 is 0.333 bits per heavy atom. The summed E-state index contributed by atoms with van der Waals surface area (Å²) in [6.45, 7) is 10.9. The van der Waals surface area contributed by atoms with Gasteiger partial charge in [-0.2, -0.15) is 0 Å². The van der Waals surface area contributed by atoms with E-state index >= 15 is 9.59 Å². The van der Waals surface area contributed by atoms with Gasteiger partial charge in [-0.05, 0) is 51.4 Å². The molecular formula is C94H178N2O25P2. The highest BCUT2D eigenvalue weighted by Crippen LogP contribution is 2.44. The van der Waals surface area contributed by atoms with Crippen molar-refractivity contribution in [2.75, 3.05) is 13.2 Å². The van der Waals surface area contributed by atoms with Crippen molar-refractivity contribution in [1.82, 2.24) is 10.6 Å². The van der Waals surface area contributed by atoms with Crippen LogP contribution in [0, 0.1) is 0 Å². The Kier molecular flexibility index (Phi) is 71.0. The molecule has 2 aliphatic heterocycles. The van der Waals surface area contributed by atoms with Crippen molar-refractivity contribution in [2.45, 2.75) is 551 Å². The number of unbranched alkanes of at least 4 members (excludes halogenated alkanes) is 50. The molecule has 2 amide bonds. The molecule has 0 aromatic carbocycles. The lowest BCUT2D eigenvalue weighted by Gasteiger charge is -2.47. The van der Waals surface area contributed by atoms with Crippen LogP contribution in [0.2, 0.25) is 0 Å². The number of carbonyl (C=O) groups is 6. The van der Waals surface area contributed by atoms with Crippen molar-refractivity contribution >= 4 is 51.3 Å². The van der Waals surface area contributed by atoms with E-state index in [-0.39, 0.29) is 38.5 Å². The van der Waals surface area contributed by atoms with Crippen LogP contribution in [-0.2, 0) is 80.1 Å². The number of nitrogens with one attached hydrogen (secondary N) is 2. The molecule has 123 heavy (non-hydrogen) atoms. The minimum atomic E-state index is -5.69. The van der Waals surface area contributed by atoms with Gasteiger partial charge in [0.2, 0.25) is 11.8 Å². The second kappa shape index (κ2) is 75.4. The number of esters is 4. The fourth-order valence-electron chi connectivity index (χ4n) is 16.6. The monoisotopic (exact) mass is 1800 g/mol. The first-order chi connectivity index (χ1) is 59.3. The van der Waals surface area contributed by atoms with Crippen molar-refractivity contribution in [3.63, 3.8) is 0 Å². The Labute approximate surface area is 742 Å². The highest BCUT2D eigenvalue weighted by molar-refractivity contribution is 7.46. The van der Waals surface area contributed by atoms with Crippen molar-refractivity contribution in [1.29, 1.82) is 0 Å². The Morgan fingerprint density at radius 2 is 0.626 bits per heavy atom. The fourth-order valence-corrected chi connectivity index (χ4v) is 17.6. The van der Waals surface area contributed by atoms with Crippen LogP contribution in [0.4, 0.5) is 0 Å². The van der Waals surface area contributed by atoms with E-state index in [4.69, 9.17) is 42.2 Å². The van der Waals surface area contributed by atoms with Crippen LogP contribution in [-0.4, -0.2) is 175 Å². The minimum absolute atomic E-state index is 0.0781. The van der Waals surface area contributed by atoms with Gasteiger partial charge in [0.1, 0.15) is 48.7 Å². The normalized spacial score (nSPS) is 20.4. The molecule has 0 spiro atoms. The molecule has 14 atom stereocenters. The highest BCUT2D eigenvalue weighted by atomic mass is 31.2. The second-order valence-corrected chi connectivity index (χ2v) is 37.9. The van der Waals surface area contributed by atoms with Gasteiger partial charge in [-0.25, -0.2) is 9.13 Å². The maximum absolute atomic E-state index is 15.2. The largest absolute Gasteiger partial charge is 0.472 e. The summed E-state index contributed by atoms with van der Waals surface area (Å²) in [5.41, 5.74) is 0. The Balaban J connectivity index is 2.84. The molecule has 0 aliphatic carbocycles. The van der Waals surface area contributed by atoms with Crippen LogP contribution < -0.4 is 10.6 Å². The molecule has 29 heteroatoms. The van der Waals surface area contributed by atoms with E-state index in [0.717, 1.165) is 257 Å². The first-order valence-electron chi connectivity index (χ1n) is 49.7. The zero-order chi connectivity index (χ0) is 90.4. The van der Waals surface area contributed by atoms with Gasteiger partial charge in [-0.3, -0.25) is 37.8 Å². The van der Waals surface area contributed by atoms with Gasteiger partial charge in [0.05, 0.1) is 51.1 Å². The molecule has 10 N–H and O–H groups in total. The average Bonchev–Trinajstić information content (AvgIpc) is 0.778. The Morgan fingerprint density at radius 3 is 0.984 bits per heavy atom. The number of carbonyl (C=O) groups excluding carboxylic acids is 6. The summed E-state index contributed by atoms with van der Waals surface area (Å²) in [5, 5.41) is 51.5. The molecule has 2 aliphatic rings. The second-order valence-electron chi connectivity index (χ2n) is 35.5. The van der Waals surface area contributed by atoms with Crippen molar-refractivity contribution in [3.8, 4) is 0 Å². The minimum Gasteiger partial charge on any atom is -0.462 e. The van der Waals surface area contributed by atoms with E-state index < -0.39 is 176 Å². The number of rotatable bonds is 84. The zero-order valence-corrected chi connectivity index (χ0v) is 79.4. The molecule has 724 valence electrons. The quantitative estimate of drug-likeness (QED) is 0.0117. The molecule has 2 fully saturated rings. The zero-order valence-electron chi connectivity index (χ0n) is 77.6. The van der Waals surface area contributed by atoms with Crippen molar-refractivity contribution < 1.29 is 120 Å². The van der Waals surface area contributed by atoms with Crippen LogP contribution in [0.15, 0.2) is 0 Å². The SMILES string of the molecule is CCCCCCCCCCCCCC(=O)O[C@H](CCCCCCCCCCC)CC(=O)OC1[C@H](OP(=O)(O)O)C(CO)O[C@@H](OCC2O[C@@H](OP(=O)(O)O)C(NC(=O)C[C@H](O)CCCCCCCCCCC)[C@@H](OC(=O)C[C@H](O)CCCCCCCCCCC)[C@@H]2O)[C@H]1NC(=O)C[C@@H](CCCCCCCCCCC)OC(=O)CCCCCCCCCCC. The summed E-state index contributed by atoms with van der Waals surface area (Å²) in [7, 11) is -11.4. The molecule has 0 aromatic heterocycles. The van der Waals surface area contributed by atoms with Crippen LogP contribution in [0.5, 0.6) is 0 Å². The van der Waals surface area contributed by atoms with Crippen LogP contribution in [0.25, 0.3) is 0 Å². The van der Waals surface area contributed by atoms with Crippen LogP contribution in [0.3, 0.4) is 0 Å². The predicted molar refractivity (Wildman–Crippen MR) is 481 cm³/mol. The topological polar surface area (TPSA) is 406 Å². The number of aliphatic hydroxyl groups is 4. The van der Waals surface area contributed by atoms with E-state index in [9.17, 15) is 68.3 Å². The molecule has 2 rings (SSSR count). The van der Waals surface area contributed by atoms with E-state index in [1.807, 2.05) is 0 Å². The van der Waals surface area contributed by atoms with Gasteiger partial charge < -0.3 is 83.8 Å². The average molecular weight is 1800 g/mol. The summed E-state index contributed by atoms with van der Waals surface area (Å²) in [4.78, 5) is 128. The molecule has 0 aromatic rings. The van der Waals surface area contributed by atoms with Gasteiger partial charge in [0, 0.05) is 12.8 Å². The smallest absolute Gasteiger partial charge is 0.462 e. The summed E-state index contributed by atoms with van der Waals surface area (Å²) >= 11 is 0. The molecule has 0 bridgehead atoms.